The third kappa shape index (κ3) is 6.92. The van der Waals surface area contributed by atoms with Gasteiger partial charge >= 0.3 is 6.03 Å². The zero-order chi connectivity index (χ0) is 22.4. The molecule has 0 radical (unpaired) electrons. The van der Waals surface area contributed by atoms with E-state index in [4.69, 9.17) is 4.74 Å². The minimum absolute atomic E-state index is 0.422. The molecule has 160 valence electrons. The van der Waals surface area contributed by atoms with Gasteiger partial charge in [0.25, 0.3) is 0 Å². The van der Waals surface area contributed by atoms with Gasteiger partial charge in [-0.2, -0.15) is 5.10 Å². The lowest BCUT2D eigenvalue weighted by Gasteiger charge is -2.12. The molecule has 0 fully saturated rings. The minimum Gasteiger partial charge on any atom is -0.487 e. The van der Waals surface area contributed by atoms with Crippen LogP contribution in [0.5, 0.6) is 5.75 Å². The number of hydrogen-bond donors (Lipinski definition) is 2. The molecule has 0 aliphatic carbocycles. The minimum atomic E-state index is -0.422. The Hall–Kier alpha value is -2.16. The smallest absolute Gasteiger partial charge is 0.339 e. The van der Waals surface area contributed by atoms with Crippen molar-refractivity contribution in [2.45, 2.75) is 20.5 Å². The Morgan fingerprint density at radius 2 is 1.74 bits per heavy atom. The first kappa shape index (κ1) is 23.5. The Bertz CT molecular complexity index is 1110. The average Bonchev–Trinajstić information content (AvgIpc) is 2.70. The molecular formula is C23H20Br3N3O2. The second-order valence-electron chi connectivity index (χ2n) is 6.88. The Kier molecular flexibility index (Phi) is 8.28. The van der Waals surface area contributed by atoms with Gasteiger partial charge in [-0.05, 0) is 92.7 Å². The quantitative estimate of drug-likeness (QED) is 0.227. The average molecular weight is 610 g/mol. The van der Waals surface area contributed by atoms with Gasteiger partial charge < -0.3 is 10.1 Å². The highest BCUT2D eigenvalue weighted by Gasteiger charge is 2.09. The number of ether oxygens (including phenoxy) is 1. The molecular weight excluding hydrogens is 590 g/mol. The summed E-state index contributed by atoms with van der Waals surface area (Å²) in [5.41, 5.74) is 7.27. The predicted octanol–water partition coefficient (Wildman–Crippen LogP) is 7.33. The first-order valence-electron chi connectivity index (χ1n) is 9.35. The number of rotatable bonds is 6. The number of nitrogens with zero attached hydrogens (tertiary/aromatic N) is 1. The third-order valence-corrected chi connectivity index (χ3v) is 6.35. The Morgan fingerprint density at radius 1 is 1.00 bits per heavy atom. The van der Waals surface area contributed by atoms with E-state index in [1.165, 1.54) is 5.56 Å². The van der Waals surface area contributed by atoms with Gasteiger partial charge in [0, 0.05) is 10.2 Å². The Labute approximate surface area is 206 Å². The Balaban J connectivity index is 1.59. The highest BCUT2D eigenvalue weighted by molar-refractivity contribution is 9.11. The molecule has 0 aliphatic heterocycles. The molecule has 0 bridgehead atoms. The van der Waals surface area contributed by atoms with Gasteiger partial charge in [-0.25, -0.2) is 10.2 Å². The third-order valence-electron chi connectivity index (χ3n) is 4.28. The molecule has 0 saturated heterocycles. The van der Waals surface area contributed by atoms with Crippen LogP contribution in [0, 0.1) is 13.8 Å². The van der Waals surface area contributed by atoms with Crippen LogP contribution in [-0.4, -0.2) is 12.2 Å². The van der Waals surface area contributed by atoms with Crippen LogP contribution in [0.3, 0.4) is 0 Å². The monoisotopic (exact) mass is 607 g/mol. The molecule has 2 amide bonds. The predicted molar refractivity (Wildman–Crippen MR) is 136 cm³/mol. The topological polar surface area (TPSA) is 62.7 Å². The maximum Gasteiger partial charge on any atom is 0.339 e. The van der Waals surface area contributed by atoms with Crippen LogP contribution in [0.4, 0.5) is 10.5 Å². The lowest BCUT2D eigenvalue weighted by molar-refractivity contribution is 0.252. The van der Waals surface area contributed by atoms with Crippen molar-refractivity contribution in [1.29, 1.82) is 0 Å². The fourth-order valence-corrected chi connectivity index (χ4v) is 4.49. The highest BCUT2D eigenvalue weighted by Crippen LogP contribution is 2.35. The Morgan fingerprint density at radius 3 is 2.42 bits per heavy atom. The van der Waals surface area contributed by atoms with Gasteiger partial charge in [0.2, 0.25) is 0 Å². The second-order valence-corrected chi connectivity index (χ2v) is 9.44. The number of hydrazone groups is 1. The van der Waals surface area contributed by atoms with Gasteiger partial charge in [-0.3, -0.25) is 0 Å². The van der Waals surface area contributed by atoms with Gasteiger partial charge in [-0.15, -0.1) is 0 Å². The lowest BCUT2D eigenvalue weighted by Crippen LogP contribution is -2.24. The summed E-state index contributed by atoms with van der Waals surface area (Å²) in [6.45, 7) is 4.47. The van der Waals surface area contributed by atoms with E-state index in [1.54, 1.807) is 6.21 Å². The fourth-order valence-electron chi connectivity index (χ4n) is 2.80. The van der Waals surface area contributed by atoms with E-state index in [0.29, 0.717) is 18.0 Å². The van der Waals surface area contributed by atoms with Crippen LogP contribution in [0.15, 0.2) is 73.1 Å². The van der Waals surface area contributed by atoms with E-state index >= 15 is 0 Å². The van der Waals surface area contributed by atoms with Crippen molar-refractivity contribution in [3.05, 3.63) is 90.3 Å². The summed E-state index contributed by atoms with van der Waals surface area (Å²) in [7, 11) is 0. The van der Waals surface area contributed by atoms with E-state index in [9.17, 15) is 4.79 Å². The van der Waals surface area contributed by atoms with Gasteiger partial charge in [0.05, 0.1) is 15.2 Å². The molecule has 8 heteroatoms. The maximum atomic E-state index is 12.0. The molecule has 0 atom stereocenters. The summed E-state index contributed by atoms with van der Waals surface area (Å²) in [4.78, 5) is 12.0. The summed E-state index contributed by atoms with van der Waals surface area (Å²) < 4.78 is 8.52. The highest BCUT2D eigenvalue weighted by atomic mass is 79.9. The molecule has 0 spiro atoms. The number of nitrogens with one attached hydrogen (secondary N) is 2. The van der Waals surface area contributed by atoms with E-state index in [0.717, 1.165) is 30.1 Å². The number of anilines is 1. The normalized spacial score (nSPS) is 10.9. The van der Waals surface area contributed by atoms with Crippen LogP contribution >= 0.6 is 47.8 Å². The number of carbonyl (C=O) groups is 1. The second kappa shape index (κ2) is 10.9. The molecule has 31 heavy (non-hydrogen) atoms. The van der Waals surface area contributed by atoms with E-state index in [-0.39, 0.29) is 0 Å². The lowest BCUT2D eigenvalue weighted by atomic mass is 10.1. The van der Waals surface area contributed by atoms with Crippen LogP contribution in [0.2, 0.25) is 0 Å². The van der Waals surface area contributed by atoms with Crippen molar-refractivity contribution >= 4 is 65.7 Å². The van der Waals surface area contributed by atoms with Crippen LogP contribution < -0.4 is 15.5 Å². The maximum absolute atomic E-state index is 12.0. The number of halogens is 3. The SMILES string of the molecule is Cc1cccc(COc2c(Br)cc(/C=N/NC(=O)Nc3ccc(Br)c(C)c3)cc2Br)c1. The number of benzene rings is 3. The molecule has 5 nitrogen and oxygen atoms in total. The van der Waals surface area contributed by atoms with Crippen molar-refractivity contribution in [1.82, 2.24) is 5.43 Å². The van der Waals surface area contributed by atoms with Crippen molar-refractivity contribution < 1.29 is 9.53 Å². The molecule has 2 N–H and O–H groups in total. The molecule has 0 aromatic heterocycles. The molecule has 0 aliphatic rings. The molecule has 3 rings (SSSR count). The van der Waals surface area contributed by atoms with Gasteiger partial charge in [0.15, 0.2) is 0 Å². The number of aryl methyl sites for hydroxylation is 2. The molecule has 0 heterocycles. The number of carbonyl (C=O) groups excluding carboxylic acids is 1. The first-order chi connectivity index (χ1) is 14.8. The molecule has 3 aromatic rings. The van der Waals surface area contributed by atoms with Crippen LogP contribution in [-0.2, 0) is 6.61 Å². The number of hydrogen-bond acceptors (Lipinski definition) is 3. The zero-order valence-corrected chi connectivity index (χ0v) is 21.6. The fraction of sp³-hybridized carbons (Fsp3) is 0.130. The van der Waals surface area contributed by atoms with E-state index < -0.39 is 6.03 Å². The van der Waals surface area contributed by atoms with Crippen molar-refractivity contribution in [2.24, 2.45) is 5.10 Å². The molecule has 3 aromatic carbocycles. The van der Waals surface area contributed by atoms with Gasteiger partial charge in [0.1, 0.15) is 12.4 Å². The first-order valence-corrected chi connectivity index (χ1v) is 11.7. The summed E-state index contributed by atoms with van der Waals surface area (Å²) in [6, 6.07) is 17.1. The zero-order valence-electron chi connectivity index (χ0n) is 16.9. The summed E-state index contributed by atoms with van der Waals surface area (Å²) in [5, 5.41) is 6.76. The number of amides is 2. The standard InChI is InChI=1S/C23H20Br3N3O2/c1-14-4-3-5-16(8-14)13-31-22-20(25)10-17(11-21(22)26)12-27-29-23(30)28-18-6-7-19(24)15(2)9-18/h3-12H,13H2,1-2H3,(H2,28,29,30)/b27-12+. The van der Waals surface area contributed by atoms with Crippen LogP contribution in [0.1, 0.15) is 22.3 Å². The largest absolute Gasteiger partial charge is 0.487 e. The number of urea groups is 1. The molecule has 0 unspecified atom stereocenters. The van der Waals surface area contributed by atoms with Crippen molar-refractivity contribution in [2.75, 3.05) is 5.32 Å². The summed E-state index contributed by atoms with van der Waals surface area (Å²) in [5.74, 6) is 0.704. The van der Waals surface area contributed by atoms with Crippen molar-refractivity contribution in [3.8, 4) is 5.75 Å². The molecule has 0 saturated carbocycles. The van der Waals surface area contributed by atoms with Crippen molar-refractivity contribution in [3.63, 3.8) is 0 Å². The van der Waals surface area contributed by atoms with Crippen LogP contribution in [0.25, 0.3) is 0 Å². The van der Waals surface area contributed by atoms with E-state index in [2.05, 4.69) is 82.7 Å². The van der Waals surface area contributed by atoms with Gasteiger partial charge in [-0.1, -0.05) is 45.8 Å². The summed E-state index contributed by atoms with van der Waals surface area (Å²) >= 11 is 10.5. The summed E-state index contributed by atoms with van der Waals surface area (Å²) in [6.07, 6.45) is 1.56. The van der Waals surface area contributed by atoms with E-state index in [1.807, 2.05) is 49.4 Å².